The number of ether oxygens (including phenoxy) is 2. The summed E-state index contributed by atoms with van der Waals surface area (Å²) in [6.45, 7) is 0.939. The Balaban J connectivity index is 2.29. The zero-order valence-electron chi connectivity index (χ0n) is 9.14. The summed E-state index contributed by atoms with van der Waals surface area (Å²) in [4.78, 5) is 0. The molecule has 3 heteroatoms. The number of benzene rings is 2. The van der Waals surface area contributed by atoms with Crippen molar-refractivity contribution in [3.8, 4) is 11.5 Å². The molecule has 2 rings (SSSR count). The fraction of sp³-hybridized carbons (Fsp3) is 0.231. The monoisotopic (exact) mass is 218 g/mol. The van der Waals surface area contributed by atoms with Gasteiger partial charge in [-0.05, 0) is 11.5 Å². The molecule has 0 bridgehead atoms. The second kappa shape index (κ2) is 4.86. The molecule has 3 nitrogen and oxygen atoms in total. The lowest BCUT2D eigenvalue weighted by Gasteiger charge is -2.09. The highest BCUT2D eigenvalue weighted by Crippen LogP contribution is 2.34. The molecule has 0 spiro atoms. The molecule has 16 heavy (non-hydrogen) atoms. The van der Waals surface area contributed by atoms with Crippen LogP contribution in [0.4, 0.5) is 0 Å². The Labute approximate surface area is 94.2 Å². The summed E-state index contributed by atoms with van der Waals surface area (Å²) in [7, 11) is 1.61. The predicted octanol–water partition coefficient (Wildman–Crippen LogP) is 2.57. The zero-order chi connectivity index (χ0) is 11.4. The quantitative estimate of drug-likeness (QED) is 0.801. The van der Waals surface area contributed by atoms with Crippen LogP contribution < -0.4 is 4.74 Å². The summed E-state index contributed by atoms with van der Waals surface area (Å²) in [6.07, 6.45) is 0. The molecule has 0 unspecified atom stereocenters. The third-order valence-electron chi connectivity index (χ3n) is 2.41. The highest BCUT2D eigenvalue weighted by atomic mass is 16.5. The molecule has 0 heterocycles. The van der Waals surface area contributed by atoms with Gasteiger partial charge in [-0.2, -0.15) is 0 Å². The molecule has 0 amide bonds. The number of phenols is 1. The van der Waals surface area contributed by atoms with Gasteiger partial charge in [-0.25, -0.2) is 0 Å². The van der Waals surface area contributed by atoms with Gasteiger partial charge in [0.2, 0.25) is 0 Å². The van der Waals surface area contributed by atoms with E-state index in [0.29, 0.717) is 19.0 Å². The van der Waals surface area contributed by atoms with E-state index in [1.807, 2.05) is 30.3 Å². The molecular formula is C13H14O3. The molecule has 0 atom stereocenters. The number of aromatic hydroxyl groups is 1. The second-order valence-corrected chi connectivity index (χ2v) is 3.47. The summed E-state index contributed by atoms with van der Waals surface area (Å²) in [5.41, 5.74) is 0. The van der Waals surface area contributed by atoms with Crippen LogP contribution in [0.2, 0.25) is 0 Å². The number of methoxy groups -OCH3 is 1. The van der Waals surface area contributed by atoms with Crippen LogP contribution in [-0.2, 0) is 4.74 Å². The largest absolute Gasteiger partial charge is 0.504 e. The van der Waals surface area contributed by atoms with Gasteiger partial charge in [0.05, 0.1) is 6.61 Å². The maximum atomic E-state index is 9.98. The van der Waals surface area contributed by atoms with Gasteiger partial charge in [-0.1, -0.05) is 30.3 Å². The molecule has 0 fully saturated rings. The van der Waals surface area contributed by atoms with Crippen LogP contribution in [0, 0.1) is 0 Å². The van der Waals surface area contributed by atoms with Crippen molar-refractivity contribution in [3.63, 3.8) is 0 Å². The van der Waals surface area contributed by atoms with Crippen molar-refractivity contribution < 1.29 is 14.6 Å². The van der Waals surface area contributed by atoms with Gasteiger partial charge in [0, 0.05) is 12.5 Å². The van der Waals surface area contributed by atoms with Gasteiger partial charge in [0.15, 0.2) is 11.5 Å². The van der Waals surface area contributed by atoms with Gasteiger partial charge in [-0.15, -0.1) is 0 Å². The van der Waals surface area contributed by atoms with E-state index in [9.17, 15) is 5.11 Å². The Bertz CT molecular complexity index is 480. The zero-order valence-corrected chi connectivity index (χ0v) is 9.14. The molecule has 0 aliphatic carbocycles. The van der Waals surface area contributed by atoms with Gasteiger partial charge < -0.3 is 14.6 Å². The summed E-state index contributed by atoms with van der Waals surface area (Å²) in [6, 6.07) is 11.3. The summed E-state index contributed by atoms with van der Waals surface area (Å²) < 4.78 is 10.3. The van der Waals surface area contributed by atoms with Crippen molar-refractivity contribution in [2.24, 2.45) is 0 Å². The molecule has 0 aliphatic heterocycles. The van der Waals surface area contributed by atoms with Crippen LogP contribution in [0.15, 0.2) is 36.4 Å². The van der Waals surface area contributed by atoms with E-state index in [-0.39, 0.29) is 5.75 Å². The SMILES string of the molecule is COCCOc1ccc2ccccc2c1O. The van der Waals surface area contributed by atoms with E-state index < -0.39 is 0 Å². The Morgan fingerprint density at radius 3 is 2.69 bits per heavy atom. The fourth-order valence-electron chi connectivity index (χ4n) is 1.59. The van der Waals surface area contributed by atoms with Gasteiger partial charge >= 0.3 is 0 Å². The van der Waals surface area contributed by atoms with E-state index in [2.05, 4.69) is 0 Å². The predicted molar refractivity (Wildman–Crippen MR) is 63.0 cm³/mol. The summed E-state index contributed by atoms with van der Waals surface area (Å²) in [5.74, 6) is 0.685. The molecule has 2 aromatic rings. The maximum Gasteiger partial charge on any atom is 0.165 e. The average Bonchev–Trinajstić information content (AvgIpc) is 2.33. The number of fused-ring (bicyclic) bond motifs is 1. The van der Waals surface area contributed by atoms with Crippen LogP contribution >= 0.6 is 0 Å². The van der Waals surface area contributed by atoms with Gasteiger partial charge in [0.25, 0.3) is 0 Å². The molecule has 0 radical (unpaired) electrons. The molecule has 2 aromatic carbocycles. The van der Waals surface area contributed by atoms with Crippen LogP contribution in [0.25, 0.3) is 10.8 Å². The molecule has 0 saturated heterocycles. The van der Waals surface area contributed by atoms with Crippen molar-refractivity contribution >= 4 is 10.8 Å². The van der Waals surface area contributed by atoms with Crippen LogP contribution in [0.3, 0.4) is 0 Å². The Morgan fingerprint density at radius 2 is 1.88 bits per heavy atom. The van der Waals surface area contributed by atoms with Crippen molar-refractivity contribution in [3.05, 3.63) is 36.4 Å². The van der Waals surface area contributed by atoms with Gasteiger partial charge in [-0.3, -0.25) is 0 Å². The molecule has 0 aromatic heterocycles. The minimum atomic E-state index is 0.189. The first kappa shape index (κ1) is 10.8. The van der Waals surface area contributed by atoms with E-state index in [1.54, 1.807) is 13.2 Å². The smallest absolute Gasteiger partial charge is 0.165 e. The van der Waals surface area contributed by atoms with Crippen molar-refractivity contribution in [2.75, 3.05) is 20.3 Å². The van der Waals surface area contributed by atoms with Crippen molar-refractivity contribution in [2.45, 2.75) is 0 Å². The molecule has 1 N–H and O–H groups in total. The van der Waals surface area contributed by atoms with Crippen molar-refractivity contribution in [1.82, 2.24) is 0 Å². The third-order valence-corrected chi connectivity index (χ3v) is 2.41. The van der Waals surface area contributed by atoms with E-state index >= 15 is 0 Å². The van der Waals surface area contributed by atoms with Crippen LogP contribution in [-0.4, -0.2) is 25.4 Å². The highest BCUT2D eigenvalue weighted by molar-refractivity contribution is 5.90. The minimum Gasteiger partial charge on any atom is -0.504 e. The normalized spacial score (nSPS) is 10.6. The molecular weight excluding hydrogens is 204 g/mol. The highest BCUT2D eigenvalue weighted by Gasteiger charge is 2.06. The Morgan fingerprint density at radius 1 is 1.06 bits per heavy atom. The lowest BCUT2D eigenvalue weighted by Crippen LogP contribution is -2.04. The molecule has 0 saturated carbocycles. The third kappa shape index (κ3) is 2.09. The van der Waals surface area contributed by atoms with E-state index in [0.717, 1.165) is 10.8 Å². The molecule has 0 aliphatic rings. The summed E-state index contributed by atoms with van der Waals surface area (Å²) >= 11 is 0. The van der Waals surface area contributed by atoms with E-state index in [1.165, 1.54) is 0 Å². The Hall–Kier alpha value is -1.74. The van der Waals surface area contributed by atoms with Gasteiger partial charge in [0.1, 0.15) is 6.61 Å². The topological polar surface area (TPSA) is 38.7 Å². The minimum absolute atomic E-state index is 0.189. The number of phenolic OH excluding ortho intramolecular Hbond substituents is 1. The van der Waals surface area contributed by atoms with Crippen molar-refractivity contribution in [1.29, 1.82) is 0 Å². The lowest BCUT2D eigenvalue weighted by molar-refractivity contribution is 0.144. The first-order valence-corrected chi connectivity index (χ1v) is 5.15. The lowest BCUT2D eigenvalue weighted by atomic mass is 10.1. The van der Waals surface area contributed by atoms with E-state index in [4.69, 9.17) is 9.47 Å². The number of hydrogen-bond acceptors (Lipinski definition) is 3. The first-order valence-electron chi connectivity index (χ1n) is 5.15. The standard InChI is InChI=1S/C13H14O3/c1-15-8-9-16-12-7-6-10-4-2-3-5-11(10)13(12)14/h2-7,14H,8-9H2,1H3. The first-order chi connectivity index (χ1) is 7.83. The van der Waals surface area contributed by atoms with Crippen LogP contribution in [0.5, 0.6) is 11.5 Å². The average molecular weight is 218 g/mol. The second-order valence-electron chi connectivity index (χ2n) is 3.47. The number of hydrogen-bond donors (Lipinski definition) is 1. The summed E-state index contributed by atoms with van der Waals surface area (Å²) in [5, 5.41) is 11.8. The maximum absolute atomic E-state index is 9.98. The van der Waals surface area contributed by atoms with Crippen LogP contribution in [0.1, 0.15) is 0 Å². The number of rotatable bonds is 4. The molecule has 84 valence electrons. The fourth-order valence-corrected chi connectivity index (χ4v) is 1.59. The Kier molecular flexibility index (Phi) is 3.27.